The molecule has 6 heteroatoms. The van der Waals surface area contributed by atoms with E-state index in [0.717, 1.165) is 41.2 Å². The summed E-state index contributed by atoms with van der Waals surface area (Å²) < 4.78 is 7.50. The number of hydrogen-bond acceptors (Lipinski definition) is 3. The molecule has 0 aliphatic carbocycles. The Morgan fingerprint density at radius 1 is 1.00 bits per heavy atom. The number of likely N-dealkylation sites (tertiary alicyclic amines) is 1. The van der Waals surface area contributed by atoms with Gasteiger partial charge in [-0.25, -0.2) is 0 Å². The number of nitrogens with zero attached hydrogens (tertiary/aromatic N) is 2. The second-order valence-corrected chi connectivity index (χ2v) is 9.08. The molecule has 1 saturated heterocycles. The van der Waals surface area contributed by atoms with Crippen molar-refractivity contribution in [1.82, 2.24) is 14.8 Å². The van der Waals surface area contributed by atoms with E-state index in [1.165, 1.54) is 5.56 Å². The third-order valence-corrected chi connectivity index (χ3v) is 6.65. The summed E-state index contributed by atoms with van der Waals surface area (Å²) >= 11 is 0. The number of ether oxygens (including phenoxy) is 1. The van der Waals surface area contributed by atoms with Crippen LogP contribution in [0.5, 0.6) is 5.75 Å². The van der Waals surface area contributed by atoms with Gasteiger partial charge in [-0.3, -0.25) is 9.59 Å². The molecule has 2 heterocycles. The molecule has 3 aromatic rings. The average Bonchev–Trinajstić information content (AvgIpc) is 3.13. The van der Waals surface area contributed by atoms with E-state index in [-0.39, 0.29) is 17.9 Å². The summed E-state index contributed by atoms with van der Waals surface area (Å²) in [6.07, 6.45) is 1.83. The molecule has 178 valence electrons. The first-order valence-electron chi connectivity index (χ1n) is 11.8. The van der Waals surface area contributed by atoms with Crippen molar-refractivity contribution in [3.63, 3.8) is 0 Å². The predicted octanol–water partition coefficient (Wildman–Crippen LogP) is 4.37. The van der Waals surface area contributed by atoms with Gasteiger partial charge in [0.15, 0.2) is 0 Å². The molecular formula is C28H33N3O3. The Bertz CT molecular complexity index is 1190. The molecule has 1 N–H and O–H groups in total. The third kappa shape index (κ3) is 5.01. The van der Waals surface area contributed by atoms with Gasteiger partial charge >= 0.3 is 0 Å². The van der Waals surface area contributed by atoms with Crippen molar-refractivity contribution >= 4 is 11.8 Å². The number of amides is 2. The van der Waals surface area contributed by atoms with Crippen molar-refractivity contribution in [2.75, 3.05) is 20.2 Å². The van der Waals surface area contributed by atoms with Gasteiger partial charge < -0.3 is 19.5 Å². The minimum absolute atomic E-state index is 0.0502. The SMILES string of the molecule is COc1ccccc1CC(=O)N1CCC(NC(=O)c2cc(C)n(-c3cccc(C)c3)c2C)CC1. The molecular weight excluding hydrogens is 426 g/mol. The van der Waals surface area contributed by atoms with Crippen molar-refractivity contribution in [3.8, 4) is 11.4 Å². The van der Waals surface area contributed by atoms with Crippen LogP contribution in [-0.4, -0.2) is 47.5 Å². The number of nitrogens with one attached hydrogen (secondary N) is 1. The van der Waals surface area contributed by atoms with Gasteiger partial charge in [-0.2, -0.15) is 0 Å². The zero-order chi connectivity index (χ0) is 24.2. The summed E-state index contributed by atoms with van der Waals surface area (Å²) in [5.74, 6) is 0.781. The molecule has 34 heavy (non-hydrogen) atoms. The third-order valence-electron chi connectivity index (χ3n) is 6.65. The highest BCUT2D eigenvalue weighted by Gasteiger charge is 2.26. The molecule has 2 amide bonds. The molecule has 0 saturated carbocycles. The highest BCUT2D eigenvalue weighted by Crippen LogP contribution is 2.23. The number of benzene rings is 2. The first kappa shape index (κ1) is 23.6. The molecule has 0 radical (unpaired) electrons. The summed E-state index contributed by atoms with van der Waals surface area (Å²) in [4.78, 5) is 27.8. The van der Waals surface area contributed by atoms with E-state index in [9.17, 15) is 9.59 Å². The van der Waals surface area contributed by atoms with E-state index < -0.39 is 0 Å². The van der Waals surface area contributed by atoms with Crippen molar-refractivity contribution in [1.29, 1.82) is 0 Å². The molecule has 1 aliphatic heterocycles. The number of carbonyl (C=O) groups is 2. The topological polar surface area (TPSA) is 63.6 Å². The molecule has 0 bridgehead atoms. The Balaban J connectivity index is 1.36. The van der Waals surface area contributed by atoms with Crippen molar-refractivity contribution < 1.29 is 14.3 Å². The van der Waals surface area contributed by atoms with Gasteiger partial charge in [-0.05, 0) is 63.4 Å². The minimum Gasteiger partial charge on any atom is -0.496 e. The monoisotopic (exact) mass is 459 g/mol. The smallest absolute Gasteiger partial charge is 0.253 e. The Kier molecular flexibility index (Phi) is 7.06. The van der Waals surface area contributed by atoms with Crippen LogP contribution >= 0.6 is 0 Å². The summed E-state index contributed by atoms with van der Waals surface area (Å²) in [5, 5.41) is 3.20. The van der Waals surface area contributed by atoms with Gasteiger partial charge in [0.1, 0.15) is 5.75 Å². The highest BCUT2D eigenvalue weighted by molar-refractivity contribution is 5.96. The standard InChI is InChI=1S/C28H33N3O3/c1-19-8-7-10-24(16-19)31-20(2)17-25(21(31)3)28(33)29-23-12-14-30(15-13-23)27(32)18-22-9-5-6-11-26(22)34-4/h5-11,16-17,23H,12-15,18H2,1-4H3,(H,29,33). The number of hydrogen-bond donors (Lipinski definition) is 1. The number of rotatable bonds is 6. The van der Waals surface area contributed by atoms with Gasteiger partial charge in [-0.1, -0.05) is 30.3 Å². The van der Waals surface area contributed by atoms with Gasteiger partial charge in [0, 0.05) is 41.8 Å². The van der Waals surface area contributed by atoms with Gasteiger partial charge in [-0.15, -0.1) is 0 Å². The van der Waals surface area contributed by atoms with E-state index >= 15 is 0 Å². The fourth-order valence-electron chi connectivity index (χ4n) is 4.82. The molecule has 6 nitrogen and oxygen atoms in total. The lowest BCUT2D eigenvalue weighted by atomic mass is 10.0. The van der Waals surface area contributed by atoms with Crippen molar-refractivity contribution in [3.05, 3.63) is 82.7 Å². The van der Waals surface area contributed by atoms with Gasteiger partial charge in [0.25, 0.3) is 5.91 Å². The lowest BCUT2D eigenvalue weighted by molar-refractivity contribution is -0.131. The predicted molar refractivity (Wildman–Crippen MR) is 134 cm³/mol. The first-order valence-corrected chi connectivity index (χ1v) is 11.8. The average molecular weight is 460 g/mol. The first-order chi connectivity index (χ1) is 16.4. The maximum Gasteiger partial charge on any atom is 0.253 e. The summed E-state index contributed by atoms with van der Waals surface area (Å²) in [6, 6.07) is 17.9. The molecule has 0 atom stereocenters. The van der Waals surface area contributed by atoms with E-state index in [4.69, 9.17) is 4.74 Å². The normalized spacial score (nSPS) is 14.2. The van der Waals surface area contributed by atoms with E-state index in [2.05, 4.69) is 35.0 Å². The Hall–Kier alpha value is -3.54. The number of para-hydroxylation sites is 1. The number of methoxy groups -OCH3 is 1. The second kappa shape index (κ2) is 10.2. The van der Waals surface area contributed by atoms with Crippen LogP contribution in [-0.2, 0) is 11.2 Å². The number of carbonyl (C=O) groups excluding carboxylic acids is 2. The van der Waals surface area contributed by atoms with E-state index in [1.54, 1.807) is 7.11 Å². The second-order valence-electron chi connectivity index (χ2n) is 9.08. The Morgan fingerprint density at radius 2 is 1.74 bits per heavy atom. The highest BCUT2D eigenvalue weighted by atomic mass is 16.5. The van der Waals surface area contributed by atoms with Crippen LogP contribution in [0.3, 0.4) is 0 Å². The zero-order valence-corrected chi connectivity index (χ0v) is 20.4. The number of aryl methyl sites for hydroxylation is 2. The van der Waals surface area contributed by atoms with Crippen LogP contribution in [0, 0.1) is 20.8 Å². The molecule has 1 aliphatic rings. The lowest BCUT2D eigenvalue weighted by Gasteiger charge is -2.32. The molecule has 0 unspecified atom stereocenters. The largest absolute Gasteiger partial charge is 0.496 e. The fraction of sp³-hybridized carbons (Fsp3) is 0.357. The fourth-order valence-corrected chi connectivity index (χ4v) is 4.82. The molecule has 4 rings (SSSR count). The van der Waals surface area contributed by atoms with Crippen LogP contribution in [0.4, 0.5) is 0 Å². The van der Waals surface area contributed by atoms with Crippen LogP contribution in [0.1, 0.15) is 45.7 Å². The van der Waals surface area contributed by atoms with Gasteiger partial charge in [0.05, 0.1) is 19.1 Å². The van der Waals surface area contributed by atoms with Crippen LogP contribution in [0.2, 0.25) is 0 Å². The molecule has 1 fully saturated rings. The van der Waals surface area contributed by atoms with Crippen molar-refractivity contribution in [2.45, 2.75) is 46.1 Å². The molecule has 0 spiro atoms. The molecule has 1 aromatic heterocycles. The molecule has 2 aromatic carbocycles. The number of aromatic nitrogens is 1. The van der Waals surface area contributed by atoms with Crippen molar-refractivity contribution in [2.24, 2.45) is 0 Å². The summed E-state index contributed by atoms with van der Waals surface area (Å²) in [6.45, 7) is 7.36. The Morgan fingerprint density at radius 3 is 2.44 bits per heavy atom. The minimum atomic E-state index is -0.0502. The lowest BCUT2D eigenvalue weighted by Crippen LogP contribution is -2.47. The maximum atomic E-state index is 13.1. The Labute approximate surface area is 201 Å². The maximum absolute atomic E-state index is 13.1. The van der Waals surface area contributed by atoms with Crippen LogP contribution in [0.15, 0.2) is 54.6 Å². The van der Waals surface area contributed by atoms with Crippen LogP contribution in [0.25, 0.3) is 5.69 Å². The number of piperidine rings is 1. The summed E-state index contributed by atoms with van der Waals surface area (Å²) in [7, 11) is 1.62. The van der Waals surface area contributed by atoms with Crippen LogP contribution < -0.4 is 10.1 Å². The van der Waals surface area contributed by atoms with E-state index in [1.807, 2.05) is 55.1 Å². The van der Waals surface area contributed by atoms with E-state index in [0.29, 0.717) is 25.1 Å². The zero-order valence-electron chi connectivity index (χ0n) is 20.4. The summed E-state index contributed by atoms with van der Waals surface area (Å²) in [5.41, 5.74) is 5.82. The quantitative estimate of drug-likeness (QED) is 0.595. The van der Waals surface area contributed by atoms with Gasteiger partial charge in [0.2, 0.25) is 5.91 Å².